The molecule has 4 heterocycles. The van der Waals surface area contributed by atoms with E-state index >= 15 is 0 Å². The molecule has 2 saturated heterocycles. The maximum absolute atomic E-state index is 9.32. The molecule has 28 heavy (non-hydrogen) atoms. The smallest absolute Gasteiger partial charge is 0.227 e. The van der Waals surface area contributed by atoms with Crippen molar-refractivity contribution >= 4 is 17.6 Å². The molecule has 0 radical (unpaired) electrons. The molecule has 0 atom stereocenters. The fourth-order valence-corrected chi connectivity index (χ4v) is 3.84. The molecular formula is C20H25N7O. The van der Waals surface area contributed by atoms with E-state index in [9.17, 15) is 5.26 Å². The van der Waals surface area contributed by atoms with E-state index in [0.717, 1.165) is 69.8 Å². The Hall–Kier alpha value is -2.92. The fourth-order valence-electron chi connectivity index (χ4n) is 3.84. The number of rotatable bonds is 4. The van der Waals surface area contributed by atoms with Gasteiger partial charge in [-0.15, -0.1) is 0 Å². The topological polar surface area (TPSA) is 81.4 Å². The Morgan fingerprint density at radius 2 is 1.86 bits per heavy atom. The first-order valence-corrected chi connectivity index (χ1v) is 9.75. The number of nitrogens with zero attached hydrogens (tertiary/aromatic N) is 7. The summed E-state index contributed by atoms with van der Waals surface area (Å²) < 4.78 is 5.42. The summed E-state index contributed by atoms with van der Waals surface area (Å²) >= 11 is 0. The molecule has 2 aromatic heterocycles. The lowest BCUT2D eigenvalue weighted by atomic mass is 10.0. The third-order valence-electron chi connectivity index (χ3n) is 5.50. The first kappa shape index (κ1) is 18.4. The van der Waals surface area contributed by atoms with Crippen LogP contribution in [0.4, 0.5) is 17.6 Å². The average molecular weight is 379 g/mol. The third kappa shape index (κ3) is 3.85. The van der Waals surface area contributed by atoms with Gasteiger partial charge in [-0.3, -0.25) is 0 Å². The molecule has 8 heteroatoms. The first-order valence-electron chi connectivity index (χ1n) is 9.75. The van der Waals surface area contributed by atoms with Crippen molar-refractivity contribution in [1.82, 2.24) is 15.0 Å². The van der Waals surface area contributed by atoms with Gasteiger partial charge in [-0.2, -0.15) is 10.2 Å². The molecule has 0 amide bonds. The van der Waals surface area contributed by atoms with Crippen molar-refractivity contribution in [3.05, 3.63) is 36.2 Å². The van der Waals surface area contributed by atoms with Crippen molar-refractivity contribution in [2.75, 3.05) is 61.1 Å². The first-order chi connectivity index (χ1) is 13.8. The fraction of sp³-hybridized carbons (Fsp3) is 0.500. The zero-order valence-corrected chi connectivity index (χ0v) is 16.2. The van der Waals surface area contributed by atoms with E-state index in [1.165, 1.54) is 0 Å². The van der Waals surface area contributed by atoms with Crippen LogP contribution in [0.3, 0.4) is 0 Å². The van der Waals surface area contributed by atoms with Crippen LogP contribution in [-0.4, -0.2) is 67.4 Å². The molecular weight excluding hydrogens is 354 g/mol. The van der Waals surface area contributed by atoms with E-state index in [0.29, 0.717) is 11.6 Å². The number of piperidine rings is 1. The lowest BCUT2D eigenvalue weighted by Crippen LogP contribution is -2.44. The highest BCUT2D eigenvalue weighted by Gasteiger charge is 2.26. The summed E-state index contributed by atoms with van der Waals surface area (Å²) in [6, 6.07) is 8.26. The number of pyridine rings is 1. The van der Waals surface area contributed by atoms with Crippen LogP contribution in [0.15, 0.2) is 30.6 Å². The number of hydrogen-bond acceptors (Lipinski definition) is 8. The van der Waals surface area contributed by atoms with Gasteiger partial charge in [-0.05, 0) is 31.0 Å². The highest BCUT2D eigenvalue weighted by atomic mass is 16.5. The molecule has 0 bridgehead atoms. The van der Waals surface area contributed by atoms with Crippen molar-refractivity contribution in [2.45, 2.75) is 18.9 Å². The van der Waals surface area contributed by atoms with E-state index in [2.05, 4.69) is 37.8 Å². The van der Waals surface area contributed by atoms with E-state index in [1.807, 2.05) is 24.4 Å². The summed E-state index contributed by atoms with van der Waals surface area (Å²) in [6.07, 6.45) is 5.58. The Bertz CT molecular complexity index is 838. The summed E-state index contributed by atoms with van der Waals surface area (Å²) in [7, 11) is 2.10. The Kier molecular flexibility index (Phi) is 5.53. The predicted molar refractivity (Wildman–Crippen MR) is 108 cm³/mol. The Labute approximate surface area is 165 Å². The van der Waals surface area contributed by atoms with Crippen LogP contribution >= 0.6 is 0 Å². The second-order valence-corrected chi connectivity index (χ2v) is 7.13. The monoisotopic (exact) mass is 379 g/mol. The van der Waals surface area contributed by atoms with Crippen LogP contribution in [0.2, 0.25) is 0 Å². The minimum absolute atomic E-state index is 0.401. The normalized spacial score (nSPS) is 18.0. The number of morpholine rings is 1. The van der Waals surface area contributed by atoms with Gasteiger partial charge in [-0.1, -0.05) is 0 Å². The number of nitriles is 1. The van der Waals surface area contributed by atoms with E-state index < -0.39 is 0 Å². The maximum atomic E-state index is 9.32. The summed E-state index contributed by atoms with van der Waals surface area (Å²) in [5.74, 6) is 2.52. The Morgan fingerprint density at radius 1 is 1.07 bits per heavy atom. The summed E-state index contributed by atoms with van der Waals surface area (Å²) in [4.78, 5) is 20.3. The minimum atomic E-state index is 0.401. The van der Waals surface area contributed by atoms with E-state index in [1.54, 1.807) is 6.20 Å². The molecule has 2 fully saturated rings. The predicted octanol–water partition coefficient (Wildman–Crippen LogP) is 1.69. The van der Waals surface area contributed by atoms with Gasteiger partial charge in [0.1, 0.15) is 17.7 Å². The lowest BCUT2D eigenvalue weighted by Gasteiger charge is -2.38. The van der Waals surface area contributed by atoms with Gasteiger partial charge >= 0.3 is 0 Å². The molecule has 0 spiro atoms. The molecule has 0 aromatic carbocycles. The van der Waals surface area contributed by atoms with Gasteiger partial charge in [0.05, 0.1) is 18.8 Å². The molecule has 0 aliphatic carbocycles. The molecule has 2 aliphatic heterocycles. The largest absolute Gasteiger partial charge is 0.378 e. The number of ether oxygens (including phenoxy) is 1. The molecule has 0 unspecified atom stereocenters. The molecule has 146 valence electrons. The van der Waals surface area contributed by atoms with Crippen LogP contribution in [0.25, 0.3) is 0 Å². The highest BCUT2D eigenvalue weighted by molar-refractivity contribution is 5.54. The van der Waals surface area contributed by atoms with E-state index in [-0.39, 0.29) is 0 Å². The van der Waals surface area contributed by atoms with Crippen molar-refractivity contribution in [2.24, 2.45) is 0 Å². The summed E-state index contributed by atoms with van der Waals surface area (Å²) in [6.45, 7) is 4.86. The van der Waals surface area contributed by atoms with Gasteiger partial charge in [-0.25, -0.2) is 9.97 Å². The molecule has 0 N–H and O–H groups in total. The minimum Gasteiger partial charge on any atom is -0.378 e. The van der Waals surface area contributed by atoms with Crippen molar-refractivity contribution in [3.63, 3.8) is 0 Å². The molecule has 8 nitrogen and oxygen atoms in total. The number of hydrogen-bond donors (Lipinski definition) is 0. The number of anilines is 3. The third-order valence-corrected chi connectivity index (χ3v) is 5.50. The van der Waals surface area contributed by atoms with Crippen molar-refractivity contribution < 1.29 is 4.74 Å². The van der Waals surface area contributed by atoms with Gasteiger partial charge in [0.15, 0.2) is 0 Å². The van der Waals surface area contributed by atoms with Gasteiger partial charge in [0.25, 0.3) is 0 Å². The summed E-state index contributed by atoms with van der Waals surface area (Å²) in [5.41, 5.74) is 0.639. The average Bonchev–Trinajstić information content (AvgIpc) is 2.79. The quantitative estimate of drug-likeness (QED) is 0.794. The zero-order valence-electron chi connectivity index (χ0n) is 16.2. The lowest BCUT2D eigenvalue weighted by molar-refractivity contribution is 0.122. The van der Waals surface area contributed by atoms with Gasteiger partial charge in [0.2, 0.25) is 5.95 Å². The standard InChI is InChI=1S/C20H25N7O/c1-25(18-4-8-23-20(24-18)27-11-13-28-14-12-27)17-5-9-26(10-6-17)19-16(15-21)3-2-7-22-19/h2-4,7-8,17H,5-6,9-14H2,1H3. The second kappa shape index (κ2) is 8.40. The maximum Gasteiger partial charge on any atom is 0.227 e. The molecule has 2 aromatic rings. The van der Waals surface area contributed by atoms with Crippen LogP contribution in [0, 0.1) is 11.3 Å². The Morgan fingerprint density at radius 3 is 2.61 bits per heavy atom. The zero-order chi connectivity index (χ0) is 19.3. The molecule has 2 aliphatic rings. The van der Waals surface area contributed by atoms with Crippen molar-refractivity contribution in [1.29, 1.82) is 5.26 Å². The summed E-state index contributed by atoms with van der Waals surface area (Å²) in [5, 5.41) is 9.32. The Balaban J connectivity index is 1.41. The van der Waals surface area contributed by atoms with E-state index in [4.69, 9.17) is 9.72 Å². The second-order valence-electron chi connectivity index (χ2n) is 7.13. The SMILES string of the molecule is CN(c1ccnc(N2CCOCC2)n1)C1CCN(c2ncccc2C#N)CC1. The molecule has 0 saturated carbocycles. The van der Waals surface area contributed by atoms with Gasteiger partial charge in [0, 0.05) is 51.7 Å². The highest BCUT2D eigenvalue weighted by Crippen LogP contribution is 2.25. The van der Waals surface area contributed by atoms with Crippen LogP contribution in [0.5, 0.6) is 0 Å². The molecule has 4 rings (SSSR count). The van der Waals surface area contributed by atoms with Crippen molar-refractivity contribution in [3.8, 4) is 6.07 Å². The van der Waals surface area contributed by atoms with Crippen LogP contribution in [-0.2, 0) is 4.74 Å². The van der Waals surface area contributed by atoms with Crippen LogP contribution < -0.4 is 14.7 Å². The number of aromatic nitrogens is 3. The van der Waals surface area contributed by atoms with Crippen LogP contribution in [0.1, 0.15) is 18.4 Å². The van der Waals surface area contributed by atoms with Gasteiger partial charge < -0.3 is 19.4 Å².